The highest BCUT2D eigenvalue weighted by atomic mass is 16.3. The molecule has 3 heteroatoms. The first-order valence-electron chi connectivity index (χ1n) is 4.46. The van der Waals surface area contributed by atoms with Crippen molar-refractivity contribution in [1.82, 2.24) is 5.73 Å². The largest absolute Gasteiger partial charge is 0.508 e. The third-order valence-electron chi connectivity index (χ3n) is 2.25. The second-order valence-corrected chi connectivity index (χ2v) is 3.25. The molecule has 1 atom stereocenters. The van der Waals surface area contributed by atoms with E-state index in [9.17, 15) is 10.8 Å². The van der Waals surface area contributed by atoms with Crippen molar-refractivity contribution in [2.75, 3.05) is 6.54 Å². The van der Waals surface area contributed by atoms with Crippen molar-refractivity contribution >= 4 is 11.9 Å². The molecule has 2 rings (SSSR count). The molecule has 0 saturated carbocycles. The van der Waals surface area contributed by atoms with Gasteiger partial charge in [0.2, 0.25) is 0 Å². The highest BCUT2D eigenvalue weighted by Crippen LogP contribution is 2.29. The van der Waals surface area contributed by atoms with Gasteiger partial charge in [0.15, 0.2) is 0 Å². The Morgan fingerprint density at radius 3 is 3.00 bits per heavy atom. The van der Waals surface area contributed by atoms with Crippen LogP contribution in [0.2, 0.25) is 0 Å². The average molecular weight is 186 g/mol. The zero-order valence-corrected chi connectivity index (χ0v) is 7.59. The summed E-state index contributed by atoms with van der Waals surface area (Å²) in [4.78, 5) is 4.10. The van der Waals surface area contributed by atoms with Crippen LogP contribution in [0.4, 0.5) is 5.69 Å². The molecule has 3 nitrogen and oxygen atoms in total. The minimum Gasteiger partial charge on any atom is -0.508 e. The number of rotatable bonds is 1. The van der Waals surface area contributed by atoms with Crippen LogP contribution >= 0.6 is 0 Å². The van der Waals surface area contributed by atoms with E-state index in [0.29, 0.717) is 6.54 Å². The lowest BCUT2D eigenvalue weighted by atomic mass is 9.96. The van der Waals surface area contributed by atoms with E-state index in [1.807, 2.05) is 12.2 Å². The number of dihydropyridines is 1. The smallest absolute Gasteiger partial charge is 0.116 e. The number of benzene rings is 1. The number of nitrogens with zero attached hydrogens (tertiary/aromatic N) is 2. The molecule has 1 aliphatic rings. The van der Waals surface area contributed by atoms with Gasteiger partial charge in [-0.2, -0.15) is 5.73 Å². The molecule has 1 aromatic rings. The highest BCUT2D eigenvalue weighted by Gasteiger charge is 2.13. The summed E-state index contributed by atoms with van der Waals surface area (Å²) >= 11 is 0. The molecule has 2 radical (unpaired) electrons. The van der Waals surface area contributed by atoms with Gasteiger partial charge in [-0.15, -0.1) is 0 Å². The first-order chi connectivity index (χ1) is 6.77. The Morgan fingerprint density at radius 1 is 1.43 bits per heavy atom. The number of hydrogen-bond acceptors (Lipinski definition) is 2. The summed E-state index contributed by atoms with van der Waals surface area (Å²) in [5.74, 6) is 0.229. The molecular formula is C11H10N2O. The van der Waals surface area contributed by atoms with E-state index in [2.05, 4.69) is 4.99 Å². The molecule has 0 bridgehead atoms. The number of aliphatic imine (C=N–C) groups is 1. The van der Waals surface area contributed by atoms with Crippen LogP contribution < -0.4 is 5.73 Å². The maximum absolute atomic E-state index is 9.59. The molecule has 70 valence electrons. The number of allylic oxidation sites excluding steroid dienone is 1. The fourth-order valence-electron chi connectivity index (χ4n) is 1.52. The normalized spacial score (nSPS) is 19.9. The molecule has 0 fully saturated rings. The van der Waals surface area contributed by atoms with Gasteiger partial charge < -0.3 is 5.11 Å². The van der Waals surface area contributed by atoms with Crippen LogP contribution in [0.3, 0.4) is 0 Å². The summed E-state index contributed by atoms with van der Waals surface area (Å²) in [5, 5.41) is 9.29. The van der Waals surface area contributed by atoms with Gasteiger partial charge in [0.1, 0.15) is 5.75 Å². The fourth-order valence-corrected chi connectivity index (χ4v) is 1.52. The molecule has 1 N–H and O–H groups in total. The first kappa shape index (κ1) is 8.81. The number of phenols is 1. The van der Waals surface area contributed by atoms with Crippen LogP contribution in [0.5, 0.6) is 5.75 Å². The molecule has 1 aliphatic heterocycles. The minimum absolute atomic E-state index is 0.0621. The topological polar surface area (TPSA) is 54.9 Å². The predicted molar refractivity (Wildman–Crippen MR) is 55.1 cm³/mol. The Kier molecular flexibility index (Phi) is 2.23. The quantitative estimate of drug-likeness (QED) is 0.714. The van der Waals surface area contributed by atoms with Crippen molar-refractivity contribution in [3.63, 3.8) is 0 Å². The number of phenolic OH excluding ortho intramolecular Hbond substituents is 1. The molecule has 0 saturated heterocycles. The molecule has 1 heterocycles. The van der Waals surface area contributed by atoms with Crippen molar-refractivity contribution in [1.29, 1.82) is 0 Å². The summed E-state index contributed by atoms with van der Waals surface area (Å²) in [7, 11) is 0. The Morgan fingerprint density at radius 2 is 2.29 bits per heavy atom. The van der Waals surface area contributed by atoms with Gasteiger partial charge in [-0.3, -0.25) is 4.99 Å². The van der Waals surface area contributed by atoms with Crippen LogP contribution in [-0.4, -0.2) is 17.9 Å². The number of hydrogen-bond donors (Lipinski definition) is 1. The monoisotopic (exact) mass is 186 g/mol. The lowest BCUT2D eigenvalue weighted by Gasteiger charge is -2.14. The highest BCUT2D eigenvalue weighted by molar-refractivity contribution is 5.73. The zero-order valence-electron chi connectivity index (χ0n) is 7.59. The predicted octanol–water partition coefficient (Wildman–Crippen LogP) is 1.82. The Bertz CT molecular complexity index is 396. The van der Waals surface area contributed by atoms with E-state index >= 15 is 0 Å². The fraction of sp³-hybridized carbons (Fsp3) is 0.182. The molecule has 0 aliphatic carbocycles. The molecule has 0 amide bonds. The van der Waals surface area contributed by atoms with E-state index in [4.69, 9.17) is 0 Å². The van der Waals surface area contributed by atoms with Gasteiger partial charge in [0.25, 0.3) is 0 Å². The molecule has 14 heavy (non-hydrogen) atoms. The van der Waals surface area contributed by atoms with E-state index in [1.165, 1.54) is 12.1 Å². The zero-order chi connectivity index (χ0) is 9.97. The third kappa shape index (κ3) is 1.62. The van der Waals surface area contributed by atoms with E-state index in [-0.39, 0.29) is 17.4 Å². The summed E-state index contributed by atoms with van der Waals surface area (Å²) in [6.07, 6.45) is 5.54. The van der Waals surface area contributed by atoms with Gasteiger partial charge in [0.05, 0.1) is 5.69 Å². The lowest BCUT2D eigenvalue weighted by molar-refractivity contribution is 0.474. The number of aromatic hydroxyl groups is 1. The van der Waals surface area contributed by atoms with Crippen molar-refractivity contribution in [2.24, 2.45) is 4.99 Å². The Balaban J connectivity index is 2.35. The molecule has 1 unspecified atom stereocenters. The van der Waals surface area contributed by atoms with Gasteiger partial charge in [-0.25, -0.2) is 0 Å². The minimum atomic E-state index is 0.0621. The van der Waals surface area contributed by atoms with Crippen LogP contribution in [0.15, 0.2) is 35.3 Å². The van der Waals surface area contributed by atoms with E-state index in [1.54, 1.807) is 12.3 Å². The second kappa shape index (κ2) is 3.54. The van der Waals surface area contributed by atoms with Crippen molar-refractivity contribution in [2.45, 2.75) is 5.92 Å². The molecular weight excluding hydrogens is 176 g/mol. The van der Waals surface area contributed by atoms with Crippen LogP contribution in [0.1, 0.15) is 11.5 Å². The van der Waals surface area contributed by atoms with Crippen LogP contribution in [0.25, 0.3) is 0 Å². The SMILES string of the molecule is [N]c1ccc(O)cc1C1C=CC=NC1. The standard InChI is InChI=1S/C11H10N2O/c12-11-4-3-9(14)6-10(11)8-2-1-5-13-7-8/h1-6,8,14H,7H2. The van der Waals surface area contributed by atoms with E-state index < -0.39 is 0 Å². The summed E-state index contributed by atoms with van der Waals surface area (Å²) in [6.45, 7) is 0.619. The molecule has 1 aromatic carbocycles. The van der Waals surface area contributed by atoms with Crippen molar-refractivity contribution in [3.05, 3.63) is 35.9 Å². The summed E-state index contributed by atoms with van der Waals surface area (Å²) < 4.78 is 0. The molecule has 0 aromatic heterocycles. The summed E-state index contributed by atoms with van der Waals surface area (Å²) in [5.41, 5.74) is 10.5. The Labute approximate surface area is 82.6 Å². The second-order valence-electron chi connectivity index (χ2n) is 3.25. The van der Waals surface area contributed by atoms with Crippen LogP contribution in [-0.2, 0) is 0 Å². The molecule has 0 spiro atoms. The van der Waals surface area contributed by atoms with Gasteiger partial charge >= 0.3 is 0 Å². The van der Waals surface area contributed by atoms with E-state index in [0.717, 1.165) is 5.56 Å². The average Bonchev–Trinajstić information content (AvgIpc) is 2.23. The maximum Gasteiger partial charge on any atom is 0.116 e. The lowest BCUT2D eigenvalue weighted by Crippen LogP contribution is -2.03. The van der Waals surface area contributed by atoms with Crippen LogP contribution in [0, 0.1) is 0 Å². The maximum atomic E-state index is 9.59. The first-order valence-corrected chi connectivity index (χ1v) is 4.46. The van der Waals surface area contributed by atoms with Crippen molar-refractivity contribution < 1.29 is 5.11 Å². The van der Waals surface area contributed by atoms with Gasteiger partial charge in [0, 0.05) is 18.7 Å². The van der Waals surface area contributed by atoms with Crippen molar-refractivity contribution in [3.8, 4) is 5.75 Å². The Hall–Kier alpha value is -1.77. The third-order valence-corrected chi connectivity index (χ3v) is 2.25. The summed E-state index contributed by atoms with van der Waals surface area (Å²) in [6, 6.07) is 4.54. The van der Waals surface area contributed by atoms with Gasteiger partial charge in [-0.1, -0.05) is 6.08 Å². The van der Waals surface area contributed by atoms with Gasteiger partial charge in [-0.05, 0) is 29.8 Å².